The summed E-state index contributed by atoms with van der Waals surface area (Å²) >= 11 is 0. The van der Waals surface area contributed by atoms with Crippen LogP contribution in [0.25, 0.3) is 32.7 Å². The Morgan fingerprint density at radius 1 is 0.640 bits per heavy atom. The zero-order valence-electron chi connectivity index (χ0n) is 14.8. The Balaban J connectivity index is 1.84. The minimum Gasteiger partial charge on any atom is -0.0654 e. The molecule has 0 amide bonds. The van der Waals surface area contributed by atoms with Crippen molar-refractivity contribution in [2.45, 2.75) is 32.6 Å². The summed E-state index contributed by atoms with van der Waals surface area (Å²) in [6.07, 6.45) is 5.06. The van der Waals surface area contributed by atoms with Gasteiger partial charge in [0.2, 0.25) is 0 Å². The molecular weight excluding hydrogens is 300 g/mol. The lowest BCUT2D eigenvalue weighted by atomic mass is 9.91. The van der Waals surface area contributed by atoms with Gasteiger partial charge >= 0.3 is 0 Å². The third-order valence-corrected chi connectivity index (χ3v) is 5.08. The van der Waals surface area contributed by atoms with Gasteiger partial charge in [0.05, 0.1) is 0 Å². The Bertz CT molecular complexity index is 939. The molecular formula is C25H24. The minimum atomic E-state index is 1.18. The first-order valence-corrected chi connectivity index (χ1v) is 9.36. The van der Waals surface area contributed by atoms with Crippen LogP contribution in [0.5, 0.6) is 0 Å². The quantitative estimate of drug-likeness (QED) is 0.265. The fourth-order valence-electron chi connectivity index (χ4n) is 3.74. The van der Waals surface area contributed by atoms with Crippen molar-refractivity contribution in [2.24, 2.45) is 0 Å². The minimum absolute atomic E-state index is 1.18. The molecule has 0 atom stereocenters. The first-order valence-electron chi connectivity index (χ1n) is 9.36. The van der Waals surface area contributed by atoms with Gasteiger partial charge in [-0.15, -0.1) is 0 Å². The van der Waals surface area contributed by atoms with Crippen LogP contribution in [0.3, 0.4) is 0 Å². The standard InChI is InChI=1S/C25H24/c1-2-3-4-9-19-14-16-20(17-15-19)25-23-12-7-5-10-21(23)18-22-11-6-8-13-24(22)25/h5-8,10-18H,2-4,9H2,1H3. The third kappa shape index (κ3) is 3.17. The molecule has 0 bridgehead atoms. The van der Waals surface area contributed by atoms with Crippen LogP contribution < -0.4 is 0 Å². The molecule has 0 saturated heterocycles. The van der Waals surface area contributed by atoms with Crippen LogP contribution >= 0.6 is 0 Å². The molecule has 0 fully saturated rings. The second-order valence-electron chi connectivity index (χ2n) is 6.85. The van der Waals surface area contributed by atoms with Gasteiger partial charge in [0, 0.05) is 0 Å². The van der Waals surface area contributed by atoms with Gasteiger partial charge in [0.15, 0.2) is 0 Å². The summed E-state index contributed by atoms with van der Waals surface area (Å²) in [5.74, 6) is 0. The van der Waals surface area contributed by atoms with Crippen LogP contribution in [0.4, 0.5) is 0 Å². The van der Waals surface area contributed by atoms with E-state index in [0.717, 1.165) is 0 Å². The van der Waals surface area contributed by atoms with Crippen molar-refractivity contribution in [3.8, 4) is 11.1 Å². The van der Waals surface area contributed by atoms with Gasteiger partial charge in [-0.3, -0.25) is 0 Å². The summed E-state index contributed by atoms with van der Waals surface area (Å²) in [6, 6.07) is 28.9. The molecule has 0 heteroatoms. The Morgan fingerprint density at radius 3 is 1.84 bits per heavy atom. The van der Waals surface area contributed by atoms with Crippen molar-refractivity contribution in [3.63, 3.8) is 0 Å². The first kappa shape index (κ1) is 15.9. The fourth-order valence-corrected chi connectivity index (χ4v) is 3.74. The normalized spacial score (nSPS) is 11.2. The highest BCUT2D eigenvalue weighted by atomic mass is 14.1. The van der Waals surface area contributed by atoms with E-state index >= 15 is 0 Å². The maximum absolute atomic E-state index is 2.31. The van der Waals surface area contributed by atoms with Crippen molar-refractivity contribution < 1.29 is 0 Å². The van der Waals surface area contributed by atoms with E-state index in [9.17, 15) is 0 Å². The van der Waals surface area contributed by atoms with E-state index in [1.165, 1.54) is 63.9 Å². The predicted molar refractivity (Wildman–Crippen MR) is 110 cm³/mol. The average molecular weight is 324 g/mol. The molecule has 0 nitrogen and oxygen atoms in total. The summed E-state index contributed by atoms with van der Waals surface area (Å²) in [5, 5.41) is 5.28. The maximum atomic E-state index is 2.31. The number of hydrogen-bond acceptors (Lipinski definition) is 0. The SMILES string of the molecule is CCCCCc1ccc(-c2c3ccccc3cc3ccccc23)cc1. The van der Waals surface area contributed by atoms with Crippen LogP contribution in [0.1, 0.15) is 31.7 Å². The van der Waals surface area contributed by atoms with Crippen molar-refractivity contribution in [1.29, 1.82) is 0 Å². The summed E-state index contributed by atoms with van der Waals surface area (Å²) in [5.41, 5.74) is 4.11. The second-order valence-corrected chi connectivity index (χ2v) is 6.85. The van der Waals surface area contributed by atoms with Crippen molar-refractivity contribution >= 4 is 21.5 Å². The highest BCUT2D eigenvalue weighted by Crippen LogP contribution is 2.36. The number of unbranched alkanes of at least 4 members (excludes halogenated alkanes) is 2. The molecule has 4 rings (SSSR count). The van der Waals surface area contributed by atoms with E-state index in [2.05, 4.69) is 85.8 Å². The van der Waals surface area contributed by atoms with Gasteiger partial charge < -0.3 is 0 Å². The van der Waals surface area contributed by atoms with Gasteiger partial charge in [-0.2, -0.15) is 0 Å². The predicted octanol–water partition coefficient (Wildman–Crippen LogP) is 7.39. The molecule has 4 aromatic carbocycles. The van der Waals surface area contributed by atoms with E-state index in [1.54, 1.807) is 0 Å². The molecule has 25 heavy (non-hydrogen) atoms. The van der Waals surface area contributed by atoms with E-state index in [1.807, 2.05) is 0 Å². The maximum Gasteiger partial charge on any atom is -0.00268 e. The zero-order valence-corrected chi connectivity index (χ0v) is 14.8. The Hall–Kier alpha value is -2.60. The zero-order chi connectivity index (χ0) is 17.1. The molecule has 0 unspecified atom stereocenters. The van der Waals surface area contributed by atoms with Crippen LogP contribution in [0.15, 0.2) is 78.9 Å². The van der Waals surface area contributed by atoms with Crippen LogP contribution in [0, 0.1) is 0 Å². The lowest BCUT2D eigenvalue weighted by molar-refractivity contribution is 0.717. The molecule has 0 saturated carbocycles. The Kier molecular flexibility index (Phi) is 4.52. The summed E-state index contributed by atoms with van der Waals surface area (Å²) in [6.45, 7) is 2.26. The topological polar surface area (TPSA) is 0 Å². The summed E-state index contributed by atoms with van der Waals surface area (Å²) in [4.78, 5) is 0. The highest BCUT2D eigenvalue weighted by Gasteiger charge is 2.09. The van der Waals surface area contributed by atoms with E-state index in [0.29, 0.717) is 0 Å². The fraction of sp³-hybridized carbons (Fsp3) is 0.200. The van der Waals surface area contributed by atoms with E-state index in [-0.39, 0.29) is 0 Å². The average Bonchev–Trinajstić information content (AvgIpc) is 2.67. The molecule has 4 aromatic rings. The Labute approximate surface area is 150 Å². The molecule has 0 aromatic heterocycles. The van der Waals surface area contributed by atoms with Gasteiger partial charge in [-0.25, -0.2) is 0 Å². The van der Waals surface area contributed by atoms with Gasteiger partial charge in [0.25, 0.3) is 0 Å². The van der Waals surface area contributed by atoms with Crippen LogP contribution in [-0.4, -0.2) is 0 Å². The van der Waals surface area contributed by atoms with E-state index < -0.39 is 0 Å². The highest BCUT2D eigenvalue weighted by molar-refractivity contribution is 6.12. The number of aryl methyl sites for hydroxylation is 1. The lowest BCUT2D eigenvalue weighted by Crippen LogP contribution is -1.88. The van der Waals surface area contributed by atoms with E-state index in [4.69, 9.17) is 0 Å². The molecule has 0 aliphatic heterocycles. The molecule has 0 spiro atoms. The molecule has 124 valence electrons. The lowest BCUT2D eigenvalue weighted by Gasteiger charge is -2.12. The molecule has 0 aliphatic rings. The number of fused-ring (bicyclic) bond motifs is 2. The van der Waals surface area contributed by atoms with Crippen molar-refractivity contribution in [1.82, 2.24) is 0 Å². The van der Waals surface area contributed by atoms with Crippen LogP contribution in [0.2, 0.25) is 0 Å². The second kappa shape index (κ2) is 7.11. The summed E-state index contributed by atoms with van der Waals surface area (Å²) < 4.78 is 0. The largest absolute Gasteiger partial charge is 0.0654 e. The number of benzene rings is 4. The number of hydrogen-bond donors (Lipinski definition) is 0. The van der Waals surface area contributed by atoms with Crippen molar-refractivity contribution in [3.05, 3.63) is 84.4 Å². The van der Waals surface area contributed by atoms with Gasteiger partial charge in [-0.1, -0.05) is 92.6 Å². The Morgan fingerprint density at radius 2 is 1.24 bits per heavy atom. The molecule has 0 N–H and O–H groups in total. The third-order valence-electron chi connectivity index (χ3n) is 5.08. The molecule has 0 aliphatic carbocycles. The van der Waals surface area contributed by atoms with Gasteiger partial charge in [-0.05, 0) is 57.1 Å². The molecule has 0 heterocycles. The first-order chi connectivity index (χ1) is 12.4. The van der Waals surface area contributed by atoms with Gasteiger partial charge in [0.1, 0.15) is 0 Å². The smallest absolute Gasteiger partial charge is 0.00268 e. The summed E-state index contributed by atoms with van der Waals surface area (Å²) in [7, 11) is 0. The molecule has 0 radical (unpaired) electrons. The van der Waals surface area contributed by atoms with Crippen molar-refractivity contribution in [2.75, 3.05) is 0 Å². The van der Waals surface area contributed by atoms with Crippen LogP contribution in [-0.2, 0) is 6.42 Å². The monoisotopic (exact) mass is 324 g/mol. The number of rotatable bonds is 5.